The molecule has 0 spiro atoms. The number of ether oxygens (including phenoxy) is 2. The van der Waals surface area contributed by atoms with Crippen molar-refractivity contribution in [3.8, 4) is 0 Å². The maximum atomic E-state index is 12.3. The Hall–Kier alpha value is -0.510. The molecule has 1 fully saturated rings. The lowest BCUT2D eigenvalue weighted by molar-refractivity contribution is -0.0846. The van der Waals surface area contributed by atoms with E-state index in [1.807, 2.05) is 0 Å². The number of thiophene rings is 1. The Morgan fingerprint density at radius 2 is 2.32 bits per heavy atom. The first-order chi connectivity index (χ1) is 9.04. The lowest BCUT2D eigenvalue weighted by Crippen LogP contribution is -2.39. The van der Waals surface area contributed by atoms with Gasteiger partial charge in [-0.15, -0.1) is 11.3 Å². The quantitative estimate of drug-likeness (QED) is 0.811. The number of aryl methyl sites for hydroxylation is 1. The predicted octanol–water partition coefficient (Wildman–Crippen LogP) is 0.209. The molecule has 0 aliphatic carbocycles. The van der Waals surface area contributed by atoms with Gasteiger partial charge in [0.05, 0.1) is 25.9 Å². The van der Waals surface area contributed by atoms with Gasteiger partial charge in [-0.3, -0.25) is 0 Å². The molecule has 1 atom stereocenters. The van der Waals surface area contributed by atoms with Crippen LogP contribution in [0.5, 0.6) is 0 Å². The molecular formula is C11H18N2O4S2. The number of hydrogen-bond acceptors (Lipinski definition) is 6. The lowest BCUT2D eigenvalue weighted by atomic mass is 10.3. The van der Waals surface area contributed by atoms with E-state index in [0.717, 1.165) is 5.56 Å². The monoisotopic (exact) mass is 306 g/mol. The normalized spacial score (nSPS) is 20.6. The summed E-state index contributed by atoms with van der Waals surface area (Å²) in [5.41, 5.74) is 6.29. The van der Waals surface area contributed by atoms with Crippen LogP contribution in [-0.4, -0.2) is 40.9 Å². The Balaban J connectivity index is 2.07. The smallest absolute Gasteiger partial charge is 0.242 e. The van der Waals surface area contributed by atoms with Gasteiger partial charge in [0.1, 0.15) is 4.90 Å². The lowest BCUT2D eigenvalue weighted by Gasteiger charge is -2.23. The molecule has 1 unspecified atom stereocenters. The van der Waals surface area contributed by atoms with Gasteiger partial charge < -0.3 is 15.2 Å². The maximum Gasteiger partial charge on any atom is 0.242 e. The van der Waals surface area contributed by atoms with Gasteiger partial charge in [0.25, 0.3) is 0 Å². The van der Waals surface area contributed by atoms with Gasteiger partial charge in [0.2, 0.25) is 10.0 Å². The van der Waals surface area contributed by atoms with Crippen LogP contribution in [-0.2, 0) is 26.0 Å². The molecule has 1 aromatic rings. The molecule has 0 saturated carbocycles. The van der Waals surface area contributed by atoms with E-state index in [0.29, 0.717) is 29.6 Å². The Morgan fingerprint density at radius 1 is 1.53 bits per heavy atom. The molecule has 3 N–H and O–H groups in total. The van der Waals surface area contributed by atoms with E-state index < -0.39 is 10.0 Å². The van der Waals surface area contributed by atoms with Gasteiger partial charge in [0.15, 0.2) is 0 Å². The molecule has 0 bridgehead atoms. The summed E-state index contributed by atoms with van der Waals surface area (Å²) >= 11 is 1.36. The highest BCUT2D eigenvalue weighted by Crippen LogP contribution is 2.26. The van der Waals surface area contributed by atoms with Crippen molar-refractivity contribution in [2.24, 2.45) is 5.73 Å². The Labute approximate surface area is 116 Å². The third-order valence-corrected chi connectivity index (χ3v) is 5.74. The van der Waals surface area contributed by atoms with Crippen LogP contribution in [0.3, 0.4) is 0 Å². The van der Waals surface area contributed by atoms with E-state index in [9.17, 15) is 8.42 Å². The second-order valence-corrected chi connectivity index (χ2v) is 6.96. The average Bonchev–Trinajstić information content (AvgIpc) is 2.80. The van der Waals surface area contributed by atoms with Crippen molar-refractivity contribution in [3.63, 3.8) is 0 Å². The predicted molar refractivity (Wildman–Crippen MR) is 72.7 cm³/mol. The summed E-state index contributed by atoms with van der Waals surface area (Å²) in [6.07, 6.45) is -0.233. The molecule has 0 aromatic carbocycles. The molecule has 6 nitrogen and oxygen atoms in total. The zero-order chi connectivity index (χ0) is 13.9. The molecule has 0 amide bonds. The summed E-state index contributed by atoms with van der Waals surface area (Å²) in [4.78, 5) is 0.975. The molecule has 1 aliphatic heterocycles. The van der Waals surface area contributed by atoms with Crippen LogP contribution < -0.4 is 10.5 Å². The van der Waals surface area contributed by atoms with Gasteiger partial charge in [0, 0.05) is 18.0 Å². The summed E-state index contributed by atoms with van der Waals surface area (Å²) in [5.74, 6) is 0. The number of nitrogens with two attached hydrogens (primary N) is 1. The van der Waals surface area contributed by atoms with Crippen LogP contribution in [0.2, 0.25) is 0 Å². The fourth-order valence-electron chi connectivity index (χ4n) is 1.92. The molecule has 19 heavy (non-hydrogen) atoms. The van der Waals surface area contributed by atoms with Crippen molar-refractivity contribution in [1.29, 1.82) is 0 Å². The minimum absolute atomic E-state index is 0.210. The van der Waals surface area contributed by atoms with Crippen molar-refractivity contribution in [2.45, 2.75) is 24.5 Å². The average molecular weight is 306 g/mol. The SMILES string of the molecule is Cc1csc(CN)c1S(=O)(=O)NCC1COCCO1. The number of rotatable bonds is 5. The summed E-state index contributed by atoms with van der Waals surface area (Å²) in [5, 5.41) is 1.80. The van der Waals surface area contributed by atoms with E-state index in [1.54, 1.807) is 12.3 Å². The van der Waals surface area contributed by atoms with E-state index in [-0.39, 0.29) is 19.2 Å². The van der Waals surface area contributed by atoms with Gasteiger partial charge in [-0.05, 0) is 17.9 Å². The minimum Gasteiger partial charge on any atom is -0.376 e. The van der Waals surface area contributed by atoms with Crippen molar-refractivity contribution >= 4 is 21.4 Å². The minimum atomic E-state index is -3.54. The summed E-state index contributed by atoms with van der Waals surface area (Å²) in [6, 6.07) is 0. The number of nitrogens with one attached hydrogen (secondary N) is 1. The van der Waals surface area contributed by atoms with Crippen LogP contribution in [0.1, 0.15) is 10.4 Å². The van der Waals surface area contributed by atoms with Crippen LogP contribution in [0.25, 0.3) is 0 Å². The standard InChI is InChI=1S/C11H18N2O4S2/c1-8-7-18-10(4-12)11(8)19(14,15)13-5-9-6-16-2-3-17-9/h7,9,13H,2-6,12H2,1H3. The Morgan fingerprint density at radius 3 is 2.95 bits per heavy atom. The molecule has 108 valence electrons. The van der Waals surface area contributed by atoms with Crippen molar-refractivity contribution in [1.82, 2.24) is 4.72 Å². The van der Waals surface area contributed by atoms with Gasteiger partial charge >= 0.3 is 0 Å². The first-order valence-corrected chi connectivity index (χ1v) is 8.37. The van der Waals surface area contributed by atoms with Crippen LogP contribution in [0, 0.1) is 6.92 Å². The van der Waals surface area contributed by atoms with E-state index >= 15 is 0 Å². The molecule has 1 aliphatic rings. The fraction of sp³-hybridized carbons (Fsp3) is 0.636. The van der Waals surface area contributed by atoms with E-state index in [1.165, 1.54) is 11.3 Å². The van der Waals surface area contributed by atoms with Crippen LogP contribution in [0.4, 0.5) is 0 Å². The molecule has 1 saturated heterocycles. The van der Waals surface area contributed by atoms with Gasteiger partial charge in [-0.2, -0.15) is 0 Å². The fourth-order valence-corrected chi connectivity index (χ4v) is 4.68. The van der Waals surface area contributed by atoms with Crippen LogP contribution in [0.15, 0.2) is 10.3 Å². The first kappa shape index (κ1) is 14.9. The second-order valence-electron chi connectivity index (χ2n) is 4.29. The maximum absolute atomic E-state index is 12.3. The molecular weight excluding hydrogens is 288 g/mol. The number of hydrogen-bond donors (Lipinski definition) is 2. The Kier molecular flexibility index (Phi) is 4.93. The molecule has 1 aromatic heterocycles. The first-order valence-electron chi connectivity index (χ1n) is 6.00. The van der Waals surface area contributed by atoms with E-state index in [2.05, 4.69) is 4.72 Å². The highest BCUT2D eigenvalue weighted by atomic mass is 32.2. The Bertz CT molecular complexity index is 521. The van der Waals surface area contributed by atoms with E-state index in [4.69, 9.17) is 15.2 Å². The summed E-state index contributed by atoms with van der Waals surface area (Å²) in [7, 11) is -3.54. The van der Waals surface area contributed by atoms with Gasteiger partial charge in [-0.1, -0.05) is 0 Å². The molecule has 0 radical (unpaired) electrons. The van der Waals surface area contributed by atoms with Crippen molar-refractivity contribution in [2.75, 3.05) is 26.4 Å². The highest BCUT2D eigenvalue weighted by molar-refractivity contribution is 7.89. The van der Waals surface area contributed by atoms with Gasteiger partial charge in [-0.25, -0.2) is 13.1 Å². The van der Waals surface area contributed by atoms with Crippen molar-refractivity contribution in [3.05, 3.63) is 15.8 Å². The largest absolute Gasteiger partial charge is 0.376 e. The number of sulfonamides is 1. The molecule has 2 rings (SSSR count). The highest BCUT2D eigenvalue weighted by Gasteiger charge is 2.24. The zero-order valence-corrected chi connectivity index (χ0v) is 12.4. The van der Waals surface area contributed by atoms with Crippen molar-refractivity contribution < 1.29 is 17.9 Å². The third-order valence-electron chi connectivity index (χ3n) is 2.83. The third kappa shape index (κ3) is 3.53. The van der Waals surface area contributed by atoms with Crippen LogP contribution >= 0.6 is 11.3 Å². The zero-order valence-electron chi connectivity index (χ0n) is 10.7. The topological polar surface area (TPSA) is 90.7 Å². The molecule has 2 heterocycles. The second kappa shape index (κ2) is 6.29. The molecule has 8 heteroatoms. The summed E-state index contributed by atoms with van der Waals surface area (Å²) in [6.45, 7) is 3.67. The summed E-state index contributed by atoms with van der Waals surface area (Å²) < 4.78 is 37.8.